The topological polar surface area (TPSA) is 87.3 Å². The second-order valence-corrected chi connectivity index (χ2v) is 7.98. The molecule has 1 aliphatic heterocycles. The van der Waals surface area contributed by atoms with Crippen LogP contribution < -0.4 is 15.8 Å². The van der Waals surface area contributed by atoms with E-state index in [0.29, 0.717) is 30.2 Å². The van der Waals surface area contributed by atoms with Gasteiger partial charge in [0.1, 0.15) is 5.56 Å². The Morgan fingerprint density at radius 1 is 0.853 bits per heavy atom. The Morgan fingerprint density at radius 3 is 2.12 bits per heavy atom. The number of hydrogen-bond donors (Lipinski definition) is 2. The van der Waals surface area contributed by atoms with Gasteiger partial charge in [-0.25, -0.2) is 5.10 Å². The summed E-state index contributed by atoms with van der Waals surface area (Å²) in [6.07, 6.45) is 0. The van der Waals surface area contributed by atoms with Gasteiger partial charge in [-0.2, -0.15) is 5.10 Å². The molecule has 7 nitrogen and oxygen atoms in total. The molecule has 1 aliphatic rings. The predicted octanol–water partition coefficient (Wildman–Crippen LogP) is 4.19. The summed E-state index contributed by atoms with van der Waals surface area (Å²) in [7, 11) is 0. The normalized spacial score (nSPS) is 13.5. The van der Waals surface area contributed by atoms with Crippen LogP contribution in [0, 0.1) is 0 Å². The number of rotatable bonds is 5. The zero-order valence-corrected chi connectivity index (χ0v) is 18.5. The summed E-state index contributed by atoms with van der Waals surface area (Å²) >= 11 is 0. The van der Waals surface area contributed by atoms with Gasteiger partial charge in [0, 0.05) is 35.6 Å². The molecule has 0 saturated carbocycles. The van der Waals surface area contributed by atoms with Crippen molar-refractivity contribution >= 4 is 17.3 Å². The van der Waals surface area contributed by atoms with Gasteiger partial charge in [-0.1, -0.05) is 60.7 Å². The highest BCUT2D eigenvalue weighted by atomic mass is 16.5. The number of amides is 1. The van der Waals surface area contributed by atoms with E-state index in [-0.39, 0.29) is 5.56 Å². The number of hydrogen-bond acceptors (Lipinski definition) is 5. The molecule has 170 valence electrons. The molecule has 34 heavy (non-hydrogen) atoms. The van der Waals surface area contributed by atoms with Crippen molar-refractivity contribution in [1.29, 1.82) is 0 Å². The van der Waals surface area contributed by atoms with Crippen LogP contribution in [0.4, 0.5) is 11.4 Å². The van der Waals surface area contributed by atoms with Crippen LogP contribution in [-0.2, 0) is 4.74 Å². The Labute approximate surface area is 197 Å². The summed E-state index contributed by atoms with van der Waals surface area (Å²) < 4.78 is 5.41. The number of benzene rings is 3. The van der Waals surface area contributed by atoms with Crippen molar-refractivity contribution in [3.8, 4) is 22.4 Å². The highest BCUT2D eigenvalue weighted by molar-refractivity contribution is 6.10. The molecule has 1 amide bonds. The third kappa shape index (κ3) is 4.46. The highest BCUT2D eigenvalue weighted by Crippen LogP contribution is 2.32. The van der Waals surface area contributed by atoms with Crippen LogP contribution in [0.25, 0.3) is 22.4 Å². The van der Waals surface area contributed by atoms with Crippen LogP contribution in [-0.4, -0.2) is 42.4 Å². The number of ether oxygens (including phenoxy) is 1. The molecule has 0 radical (unpaired) electrons. The average Bonchev–Trinajstić information content (AvgIpc) is 2.90. The Bertz CT molecular complexity index is 1330. The van der Waals surface area contributed by atoms with Gasteiger partial charge in [-0.15, -0.1) is 0 Å². The molecular weight excluding hydrogens is 428 g/mol. The molecule has 4 aromatic rings. The number of anilines is 2. The van der Waals surface area contributed by atoms with E-state index in [2.05, 4.69) is 20.4 Å². The van der Waals surface area contributed by atoms with Gasteiger partial charge in [0.05, 0.1) is 18.9 Å². The number of nitrogens with one attached hydrogen (secondary N) is 2. The maximum atomic E-state index is 13.4. The first kappa shape index (κ1) is 21.6. The molecule has 0 aliphatic carbocycles. The molecule has 1 fully saturated rings. The van der Waals surface area contributed by atoms with Gasteiger partial charge in [0.25, 0.3) is 11.5 Å². The largest absolute Gasteiger partial charge is 0.378 e. The SMILES string of the molecule is O=C(Nc1ccc(N2CCOCC2)cc1)c1c(-c2ccccc2)c(-c2ccccc2)n[nH]c1=O. The van der Waals surface area contributed by atoms with E-state index in [9.17, 15) is 9.59 Å². The third-order valence-electron chi connectivity index (χ3n) is 5.82. The molecule has 0 unspecified atom stereocenters. The van der Waals surface area contributed by atoms with E-state index in [1.165, 1.54) is 0 Å². The highest BCUT2D eigenvalue weighted by Gasteiger charge is 2.23. The van der Waals surface area contributed by atoms with E-state index < -0.39 is 11.5 Å². The second-order valence-electron chi connectivity index (χ2n) is 7.98. The summed E-state index contributed by atoms with van der Waals surface area (Å²) in [5, 5.41) is 9.70. The number of aromatic nitrogens is 2. The summed E-state index contributed by atoms with van der Waals surface area (Å²) in [6.45, 7) is 3.08. The summed E-state index contributed by atoms with van der Waals surface area (Å²) in [5.41, 5.74) is 3.75. The van der Waals surface area contributed by atoms with Gasteiger partial charge in [-0.05, 0) is 29.8 Å². The minimum Gasteiger partial charge on any atom is -0.378 e. The maximum absolute atomic E-state index is 13.4. The standard InChI is InChI=1S/C27H24N4O3/c32-26(28-21-11-13-22(14-12-21)31-15-17-34-18-16-31)24-23(19-7-3-1-4-8-19)25(29-30-27(24)33)20-9-5-2-6-10-20/h1-14H,15-18H2,(H,28,32)(H,30,33). The lowest BCUT2D eigenvalue weighted by molar-refractivity contribution is 0.102. The number of morpholine rings is 1. The molecule has 2 heterocycles. The predicted molar refractivity (Wildman–Crippen MR) is 133 cm³/mol. The minimum atomic E-state index is -0.541. The van der Waals surface area contributed by atoms with Gasteiger partial charge in [-0.3, -0.25) is 9.59 Å². The number of H-pyrrole nitrogens is 1. The first-order chi connectivity index (χ1) is 16.7. The minimum absolute atomic E-state index is 0.0253. The Balaban J connectivity index is 1.51. The molecule has 2 N–H and O–H groups in total. The van der Waals surface area contributed by atoms with E-state index in [4.69, 9.17) is 4.74 Å². The fourth-order valence-corrected chi connectivity index (χ4v) is 4.13. The van der Waals surface area contributed by atoms with E-state index in [1.807, 2.05) is 84.9 Å². The molecule has 1 aromatic heterocycles. The van der Waals surface area contributed by atoms with Gasteiger partial charge in [0.2, 0.25) is 0 Å². The zero-order valence-electron chi connectivity index (χ0n) is 18.5. The fraction of sp³-hybridized carbons (Fsp3) is 0.148. The zero-order chi connectivity index (χ0) is 23.3. The molecule has 3 aromatic carbocycles. The smallest absolute Gasteiger partial charge is 0.277 e. The fourth-order valence-electron chi connectivity index (χ4n) is 4.13. The lowest BCUT2D eigenvalue weighted by Gasteiger charge is -2.28. The lowest BCUT2D eigenvalue weighted by Crippen LogP contribution is -2.36. The molecule has 1 saturated heterocycles. The maximum Gasteiger partial charge on any atom is 0.277 e. The first-order valence-corrected chi connectivity index (χ1v) is 11.2. The summed E-state index contributed by atoms with van der Waals surface area (Å²) in [4.78, 5) is 28.5. The van der Waals surface area contributed by atoms with Crippen molar-refractivity contribution in [3.63, 3.8) is 0 Å². The van der Waals surface area contributed by atoms with E-state index in [0.717, 1.165) is 29.9 Å². The summed E-state index contributed by atoms with van der Waals surface area (Å²) in [6, 6.07) is 26.5. The van der Waals surface area contributed by atoms with Crippen molar-refractivity contribution < 1.29 is 9.53 Å². The van der Waals surface area contributed by atoms with Crippen molar-refractivity contribution in [3.05, 3.63) is 101 Å². The van der Waals surface area contributed by atoms with Gasteiger partial charge >= 0.3 is 0 Å². The van der Waals surface area contributed by atoms with Crippen LogP contribution in [0.3, 0.4) is 0 Å². The number of nitrogens with zero attached hydrogens (tertiary/aromatic N) is 2. The van der Waals surface area contributed by atoms with Crippen LogP contribution in [0.15, 0.2) is 89.7 Å². The monoisotopic (exact) mass is 452 g/mol. The van der Waals surface area contributed by atoms with Crippen molar-refractivity contribution in [1.82, 2.24) is 10.2 Å². The van der Waals surface area contributed by atoms with Crippen molar-refractivity contribution in [2.24, 2.45) is 0 Å². The number of carbonyl (C=O) groups is 1. The Kier molecular flexibility index (Phi) is 6.18. The van der Waals surface area contributed by atoms with Crippen LogP contribution in [0.1, 0.15) is 10.4 Å². The van der Waals surface area contributed by atoms with Crippen molar-refractivity contribution in [2.45, 2.75) is 0 Å². The molecule has 7 heteroatoms. The number of aromatic amines is 1. The summed E-state index contributed by atoms with van der Waals surface area (Å²) in [5.74, 6) is -0.487. The van der Waals surface area contributed by atoms with Gasteiger partial charge < -0.3 is 15.0 Å². The Morgan fingerprint density at radius 2 is 1.47 bits per heavy atom. The number of carbonyl (C=O) groups excluding carboxylic acids is 1. The van der Waals surface area contributed by atoms with Crippen LogP contribution in [0.2, 0.25) is 0 Å². The van der Waals surface area contributed by atoms with E-state index >= 15 is 0 Å². The molecule has 0 spiro atoms. The molecular formula is C27H24N4O3. The Hall–Kier alpha value is -4.23. The second kappa shape index (κ2) is 9.72. The first-order valence-electron chi connectivity index (χ1n) is 11.2. The lowest BCUT2D eigenvalue weighted by atomic mass is 9.95. The van der Waals surface area contributed by atoms with Gasteiger partial charge in [0.15, 0.2) is 0 Å². The molecule has 0 atom stereocenters. The van der Waals surface area contributed by atoms with Crippen LogP contribution in [0.5, 0.6) is 0 Å². The average molecular weight is 453 g/mol. The third-order valence-corrected chi connectivity index (χ3v) is 5.82. The van der Waals surface area contributed by atoms with Crippen LogP contribution >= 0.6 is 0 Å². The van der Waals surface area contributed by atoms with E-state index in [1.54, 1.807) is 0 Å². The quantitative estimate of drug-likeness (QED) is 0.474. The van der Waals surface area contributed by atoms with Crippen molar-refractivity contribution in [2.75, 3.05) is 36.5 Å². The molecule has 5 rings (SSSR count). The molecule has 0 bridgehead atoms.